The van der Waals surface area contributed by atoms with E-state index in [0.717, 1.165) is 24.4 Å². The van der Waals surface area contributed by atoms with Crippen molar-refractivity contribution in [1.29, 1.82) is 0 Å². The van der Waals surface area contributed by atoms with Gasteiger partial charge in [0.2, 0.25) is 0 Å². The van der Waals surface area contributed by atoms with Crippen LogP contribution in [0, 0.1) is 0 Å². The minimum absolute atomic E-state index is 0.0536. The van der Waals surface area contributed by atoms with Gasteiger partial charge in [-0.15, -0.1) is 0 Å². The third-order valence-corrected chi connectivity index (χ3v) is 4.53. The first-order chi connectivity index (χ1) is 10.2. The SMILES string of the molecule is CCC1Oc2ccc(CC3CCCCN3)cc2N(C)C1=O. The molecule has 2 unspecified atom stereocenters. The molecule has 1 fully saturated rings. The van der Waals surface area contributed by atoms with Crippen LogP contribution in [0.2, 0.25) is 0 Å². The van der Waals surface area contributed by atoms with Crippen molar-refractivity contribution in [3.63, 3.8) is 0 Å². The predicted molar refractivity (Wildman–Crippen MR) is 83.9 cm³/mol. The molecular formula is C17H24N2O2. The summed E-state index contributed by atoms with van der Waals surface area (Å²) in [6.45, 7) is 3.10. The van der Waals surface area contributed by atoms with E-state index in [4.69, 9.17) is 4.74 Å². The van der Waals surface area contributed by atoms with Gasteiger partial charge in [0.05, 0.1) is 5.69 Å². The van der Waals surface area contributed by atoms with Crippen molar-refractivity contribution in [2.75, 3.05) is 18.5 Å². The van der Waals surface area contributed by atoms with Crippen LogP contribution in [0.5, 0.6) is 5.75 Å². The van der Waals surface area contributed by atoms with Crippen LogP contribution < -0.4 is 15.0 Å². The summed E-state index contributed by atoms with van der Waals surface area (Å²) in [5, 5.41) is 3.57. The van der Waals surface area contributed by atoms with Crippen LogP contribution in [0.3, 0.4) is 0 Å². The Labute approximate surface area is 126 Å². The average Bonchev–Trinajstić information content (AvgIpc) is 2.52. The number of nitrogens with zero attached hydrogens (tertiary/aromatic N) is 1. The van der Waals surface area contributed by atoms with Gasteiger partial charge in [0.25, 0.3) is 5.91 Å². The van der Waals surface area contributed by atoms with Crippen molar-refractivity contribution in [1.82, 2.24) is 5.32 Å². The molecule has 4 nitrogen and oxygen atoms in total. The Kier molecular flexibility index (Phi) is 4.15. The lowest BCUT2D eigenvalue weighted by Crippen LogP contribution is -2.43. The summed E-state index contributed by atoms with van der Waals surface area (Å²) < 4.78 is 5.80. The van der Waals surface area contributed by atoms with Gasteiger partial charge in [-0.25, -0.2) is 0 Å². The van der Waals surface area contributed by atoms with Gasteiger partial charge in [0.15, 0.2) is 6.10 Å². The molecule has 1 saturated heterocycles. The molecule has 2 heterocycles. The van der Waals surface area contributed by atoms with E-state index in [9.17, 15) is 4.79 Å². The Morgan fingerprint density at radius 2 is 2.24 bits per heavy atom. The third kappa shape index (κ3) is 2.91. The van der Waals surface area contributed by atoms with Crippen LogP contribution >= 0.6 is 0 Å². The number of carbonyl (C=O) groups is 1. The number of piperidine rings is 1. The maximum absolute atomic E-state index is 12.2. The van der Waals surface area contributed by atoms with E-state index in [1.54, 1.807) is 4.90 Å². The summed E-state index contributed by atoms with van der Waals surface area (Å²) in [6, 6.07) is 6.81. The molecule has 114 valence electrons. The first kappa shape index (κ1) is 14.4. The largest absolute Gasteiger partial charge is 0.478 e. The van der Waals surface area contributed by atoms with Gasteiger partial charge < -0.3 is 15.0 Å². The van der Waals surface area contributed by atoms with Crippen molar-refractivity contribution in [3.8, 4) is 5.75 Å². The lowest BCUT2D eigenvalue weighted by Gasteiger charge is -2.32. The zero-order chi connectivity index (χ0) is 14.8. The molecule has 2 aliphatic heterocycles. The molecule has 2 aliphatic rings. The lowest BCUT2D eigenvalue weighted by molar-refractivity contribution is -0.126. The second-order valence-corrected chi connectivity index (χ2v) is 6.07. The van der Waals surface area contributed by atoms with Gasteiger partial charge in [0, 0.05) is 13.1 Å². The van der Waals surface area contributed by atoms with E-state index in [0.29, 0.717) is 12.5 Å². The van der Waals surface area contributed by atoms with Gasteiger partial charge in [-0.1, -0.05) is 19.4 Å². The van der Waals surface area contributed by atoms with E-state index in [1.165, 1.54) is 24.8 Å². The van der Waals surface area contributed by atoms with Crippen molar-refractivity contribution < 1.29 is 9.53 Å². The number of nitrogens with one attached hydrogen (secondary N) is 1. The molecule has 1 N–H and O–H groups in total. The zero-order valence-electron chi connectivity index (χ0n) is 12.9. The summed E-state index contributed by atoms with van der Waals surface area (Å²) in [7, 11) is 1.84. The summed E-state index contributed by atoms with van der Waals surface area (Å²) >= 11 is 0. The number of fused-ring (bicyclic) bond motifs is 1. The minimum atomic E-state index is -0.339. The number of ether oxygens (including phenoxy) is 1. The van der Waals surface area contributed by atoms with E-state index >= 15 is 0 Å². The van der Waals surface area contributed by atoms with Crippen LogP contribution in [0.1, 0.15) is 38.2 Å². The summed E-state index contributed by atoms with van der Waals surface area (Å²) in [5.41, 5.74) is 2.17. The smallest absolute Gasteiger partial charge is 0.267 e. The van der Waals surface area contributed by atoms with Crippen molar-refractivity contribution in [2.45, 2.75) is 51.2 Å². The van der Waals surface area contributed by atoms with Gasteiger partial charge >= 0.3 is 0 Å². The molecule has 0 bridgehead atoms. The first-order valence-electron chi connectivity index (χ1n) is 7.99. The zero-order valence-corrected chi connectivity index (χ0v) is 12.9. The quantitative estimate of drug-likeness (QED) is 0.929. The molecule has 1 amide bonds. The number of hydrogen-bond acceptors (Lipinski definition) is 3. The normalized spacial score (nSPS) is 25.4. The summed E-state index contributed by atoms with van der Waals surface area (Å²) in [6.07, 6.45) is 5.21. The van der Waals surface area contributed by atoms with E-state index < -0.39 is 0 Å². The van der Waals surface area contributed by atoms with Gasteiger partial charge in [0.1, 0.15) is 5.75 Å². The second-order valence-electron chi connectivity index (χ2n) is 6.07. The number of rotatable bonds is 3. The highest BCUT2D eigenvalue weighted by Crippen LogP contribution is 2.35. The number of amides is 1. The Bertz CT molecular complexity index is 524. The molecule has 3 rings (SSSR count). The highest BCUT2D eigenvalue weighted by atomic mass is 16.5. The minimum Gasteiger partial charge on any atom is -0.478 e. The highest BCUT2D eigenvalue weighted by molar-refractivity contribution is 5.99. The molecule has 21 heavy (non-hydrogen) atoms. The fraction of sp³-hybridized carbons (Fsp3) is 0.588. The van der Waals surface area contributed by atoms with Crippen LogP contribution in [0.4, 0.5) is 5.69 Å². The first-order valence-corrected chi connectivity index (χ1v) is 7.99. The second kappa shape index (κ2) is 6.06. The Balaban J connectivity index is 1.79. The number of anilines is 1. The lowest BCUT2D eigenvalue weighted by atomic mass is 9.97. The maximum Gasteiger partial charge on any atom is 0.267 e. The van der Waals surface area contributed by atoms with Crippen molar-refractivity contribution in [3.05, 3.63) is 23.8 Å². The molecule has 2 atom stereocenters. The number of benzene rings is 1. The van der Waals surface area contributed by atoms with Gasteiger partial charge in [-0.3, -0.25) is 4.79 Å². The molecule has 0 aliphatic carbocycles. The van der Waals surface area contributed by atoms with Crippen LogP contribution in [0.25, 0.3) is 0 Å². The highest BCUT2D eigenvalue weighted by Gasteiger charge is 2.31. The van der Waals surface area contributed by atoms with Crippen molar-refractivity contribution >= 4 is 11.6 Å². The van der Waals surface area contributed by atoms with Gasteiger partial charge in [-0.2, -0.15) is 0 Å². The van der Waals surface area contributed by atoms with Gasteiger partial charge in [-0.05, 0) is 49.9 Å². The van der Waals surface area contributed by atoms with Crippen molar-refractivity contribution in [2.24, 2.45) is 0 Å². The predicted octanol–water partition coefficient (Wildman–Crippen LogP) is 2.51. The summed E-state index contributed by atoms with van der Waals surface area (Å²) in [4.78, 5) is 13.9. The summed E-state index contributed by atoms with van der Waals surface area (Å²) in [5.74, 6) is 0.877. The maximum atomic E-state index is 12.2. The Morgan fingerprint density at radius 1 is 1.38 bits per heavy atom. The molecule has 1 aromatic rings. The molecule has 0 aromatic heterocycles. The van der Waals surface area contributed by atoms with Crippen LogP contribution in [-0.4, -0.2) is 31.6 Å². The van der Waals surface area contributed by atoms with E-state index in [2.05, 4.69) is 17.4 Å². The molecular weight excluding hydrogens is 264 g/mol. The number of likely N-dealkylation sites (N-methyl/N-ethyl adjacent to an activating group) is 1. The van der Waals surface area contributed by atoms with Crippen LogP contribution in [0.15, 0.2) is 18.2 Å². The fourth-order valence-corrected chi connectivity index (χ4v) is 3.23. The Hall–Kier alpha value is -1.55. The van der Waals surface area contributed by atoms with Crippen LogP contribution in [-0.2, 0) is 11.2 Å². The molecule has 1 aromatic carbocycles. The topological polar surface area (TPSA) is 41.6 Å². The molecule has 0 radical (unpaired) electrons. The number of hydrogen-bond donors (Lipinski definition) is 1. The standard InChI is InChI=1S/C17H24N2O2/c1-3-15-17(20)19(2)14-11-12(7-8-16(14)21-15)10-13-6-4-5-9-18-13/h7-8,11,13,15,18H,3-6,9-10H2,1-2H3. The van der Waals surface area contributed by atoms with E-state index in [1.807, 2.05) is 20.0 Å². The molecule has 4 heteroatoms. The molecule has 0 spiro atoms. The molecule has 0 saturated carbocycles. The Morgan fingerprint density at radius 3 is 2.95 bits per heavy atom. The average molecular weight is 288 g/mol. The third-order valence-electron chi connectivity index (χ3n) is 4.53. The van der Waals surface area contributed by atoms with E-state index in [-0.39, 0.29) is 12.0 Å². The monoisotopic (exact) mass is 288 g/mol. The fourth-order valence-electron chi connectivity index (χ4n) is 3.23. The number of carbonyl (C=O) groups excluding carboxylic acids is 1.